The third kappa shape index (κ3) is 2.77. The fourth-order valence-corrected chi connectivity index (χ4v) is 2.58. The van der Waals surface area contributed by atoms with Crippen LogP contribution in [-0.2, 0) is 0 Å². The molecule has 0 aliphatic heterocycles. The quantitative estimate of drug-likeness (QED) is 0.753. The van der Waals surface area contributed by atoms with Crippen LogP contribution in [0.5, 0.6) is 5.75 Å². The van der Waals surface area contributed by atoms with E-state index in [9.17, 15) is 0 Å². The van der Waals surface area contributed by atoms with Crippen LogP contribution in [0.25, 0.3) is 16.5 Å². The Hall–Kier alpha value is -1.54. The van der Waals surface area contributed by atoms with Crippen LogP contribution in [0.2, 0.25) is 0 Å². The summed E-state index contributed by atoms with van der Waals surface area (Å²) in [6.07, 6.45) is 1.85. The minimum absolute atomic E-state index is 0.684. The first-order valence-corrected chi connectivity index (χ1v) is 6.51. The molecule has 0 unspecified atom stereocenters. The van der Waals surface area contributed by atoms with Crippen molar-refractivity contribution in [3.8, 4) is 16.2 Å². The summed E-state index contributed by atoms with van der Waals surface area (Å²) in [7, 11) is 0. The van der Waals surface area contributed by atoms with Gasteiger partial charge in [0.2, 0.25) is 0 Å². The Labute approximate surface area is 106 Å². The minimum atomic E-state index is 0.684. The van der Waals surface area contributed by atoms with E-state index in [0.29, 0.717) is 6.61 Å². The van der Waals surface area contributed by atoms with Gasteiger partial charge in [-0.1, -0.05) is 12.7 Å². The van der Waals surface area contributed by atoms with Crippen LogP contribution in [0.3, 0.4) is 0 Å². The van der Waals surface area contributed by atoms with Gasteiger partial charge in [0.15, 0.2) is 0 Å². The third-order valence-electron chi connectivity index (χ3n) is 2.50. The van der Waals surface area contributed by atoms with Gasteiger partial charge in [-0.25, -0.2) is 0 Å². The van der Waals surface area contributed by atoms with Crippen molar-refractivity contribution >= 4 is 17.4 Å². The lowest BCUT2D eigenvalue weighted by atomic mass is 10.1. The summed E-state index contributed by atoms with van der Waals surface area (Å²) in [4.78, 5) is 2.59. The predicted octanol–water partition coefficient (Wildman–Crippen LogP) is 4.77. The molecule has 2 heteroatoms. The second-order valence-corrected chi connectivity index (χ2v) is 5.13. The molecule has 1 aromatic heterocycles. The average molecular weight is 244 g/mol. The molecule has 0 spiro atoms. The maximum atomic E-state index is 5.57. The number of ether oxygens (including phenoxy) is 1. The third-order valence-corrected chi connectivity index (χ3v) is 3.55. The summed E-state index contributed by atoms with van der Waals surface area (Å²) >= 11 is 1.80. The fourth-order valence-electron chi connectivity index (χ4n) is 1.72. The van der Waals surface area contributed by atoms with Gasteiger partial charge in [-0.3, -0.25) is 0 Å². The zero-order valence-corrected chi connectivity index (χ0v) is 11.0. The van der Waals surface area contributed by atoms with Crippen LogP contribution in [0.1, 0.15) is 17.4 Å². The number of benzene rings is 1. The van der Waals surface area contributed by atoms with E-state index in [4.69, 9.17) is 4.74 Å². The summed E-state index contributed by atoms with van der Waals surface area (Å²) in [5.74, 6) is 0.908. The molecule has 2 rings (SSSR count). The highest BCUT2D eigenvalue weighted by Gasteiger charge is 2.04. The van der Waals surface area contributed by atoms with E-state index in [-0.39, 0.29) is 0 Å². The van der Waals surface area contributed by atoms with E-state index >= 15 is 0 Å². The molecule has 2 aromatic rings. The molecule has 0 saturated heterocycles. The van der Waals surface area contributed by atoms with Crippen molar-refractivity contribution < 1.29 is 4.74 Å². The van der Waals surface area contributed by atoms with Gasteiger partial charge in [-0.15, -0.1) is 11.3 Å². The van der Waals surface area contributed by atoms with Gasteiger partial charge in [0.1, 0.15) is 5.75 Å². The Morgan fingerprint density at radius 3 is 2.71 bits per heavy atom. The minimum Gasteiger partial charge on any atom is -0.494 e. The zero-order chi connectivity index (χ0) is 12.3. The monoisotopic (exact) mass is 244 g/mol. The Bertz CT molecular complexity index is 525. The lowest BCUT2D eigenvalue weighted by Gasteiger charge is -2.07. The average Bonchev–Trinajstić information content (AvgIpc) is 2.76. The Morgan fingerprint density at radius 1 is 1.29 bits per heavy atom. The summed E-state index contributed by atoms with van der Waals surface area (Å²) in [6, 6.07) is 10.5. The van der Waals surface area contributed by atoms with E-state index < -0.39 is 0 Å². The molecule has 0 aliphatic carbocycles. The fraction of sp³-hybridized carbons (Fsp3) is 0.200. The largest absolute Gasteiger partial charge is 0.494 e. The SMILES string of the molecule is C=Cc1cc(OCC)cc(-c2ccc(C)s2)c1. The molecule has 0 saturated carbocycles. The number of hydrogen-bond donors (Lipinski definition) is 0. The van der Waals surface area contributed by atoms with Gasteiger partial charge in [0, 0.05) is 9.75 Å². The van der Waals surface area contributed by atoms with Crippen LogP contribution in [0.4, 0.5) is 0 Å². The van der Waals surface area contributed by atoms with Gasteiger partial charge in [0.25, 0.3) is 0 Å². The molecule has 0 fully saturated rings. The summed E-state index contributed by atoms with van der Waals surface area (Å²) in [6.45, 7) is 8.62. The van der Waals surface area contributed by atoms with Crippen LogP contribution >= 0.6 is 11.3 Å². The first kappa shape index (κ1) is 11.9. The Kier molecular flexibility index (Phi) is 3.64. The van der Waals surface area contributed by atoms with E-state index in [1.54, 1.807) is 11.3 Å². The second-order valence-electron chi connectivity index (χ2n) is 3.84. The van der Waals surface area contributed by atoms with Gasteiger partial charge in [-0.05, 0) is 55.3 Å². The maximum absolute atomic E-state index is 5.57. The predicted molar refractivity (Wildman–Crippen MR) is 75.8 cm³/mol. The Balaban J connectivity index is 2.45. The molecule has 0 N–H and O–H groups in total. The van der Waals surface area contributed by atoms with Gasteiger partial charge < -0.3 is 4.74 Å². The van der Waals surface area contributed by atoms with Gasteiger partial charge in [0.05, 0.1) is 6.61 Å². The Morgan fingerprint density at radius 2 is 2.12 bits per heavy atom. The van der Waals surface area contributed by atoms with Crippen molar-refractivity contribution in [2.45, 2.75) is 13.8 Å². The molecular formula is C15H16OS. The highest BCUT2D eigenvalue weighted by Crippen LogP contribution is 2.31. The summed E-state index contributed by atoms with van der Waals surface area (Å²) < 4.78 is 5.57. The lowest BCUT2D eigenvalue weighted by molar-refractivity contribution is 0.340. The second kappa shape index (κ2) is 5.19. The molecule has 0 radical (unpaired) electrons. The highest BCUT2D eigenvalue weighted by atomic mass is 32.1. The van der Waals surface area contributed by atoms with Crippen molar-refractivity contribution in [2.75, 3.05) is 6.61 Å². The van der Waals surface area contributed by atoms with Crippen molar-refractivity contribution in [2.24, 2.45) is 0 Å². The van der Waals surface area contributed by atoms with E-state index in [1.807, 2.05) is 19.1 Å². The van der Waals surface area contributed by atoms with Gasteiger partial charge in [-0.2, -0.15) is 0 Å². The highest BCUT2D eigenvalue weighted by molar-refractivity contribution is 7.15. The smallest absolute Gasteiger partial charge is 0.120 e. The van der Waals surface area contributed by atoms with Crippen LogP contribution in [0.15, 0.2) is 36.9 Å². The molecule has 1 heterocycles. The number of thiophene rings is 1. The van der Waals surface area contributed by atoms with Crippen molar-refractivity contribution in [3.63, 3.8) is 0 Å². The molecule has 0 aliphatic rings. The molecule has 17 heavy (non-hydrogen) atoms. The number of aryl methyl sites for hydroxylation is 1. The molecule has 88 valence electrons. The lowest BCUT2D eigenvalue weighted by Crippen LogP contribution is -1.92. The molecular weight excluding hydrogens is 228 g/mol. The van der Waals surface area contributed by atoms with Crippen LogP contribution < -0.4 is 4.74 Å². The van der Waals surface area contributed by atoms with Crippen molar-refractivity contribution in [3.05, 3.63) is 47.4 Å². The summed E-state index contributed by atoms with van der Waals surface area (Å²) in [5, 5.41) is 0. The zero-order valence-electron chi connectivity index (χ0n) is 10.2. The topological polar surface area (TPSA) is 9.23 Å². The van der Waals surface area contributed by atoms with E-state index in [2.05, 4.69) is 37.8 Å². The summed E-state index contributed by atoms with van der Waals surface area (Å²) in [5.41, 5.74) is 2.29. The van der Waals surface area contributed by atoms with E-state index in [1.165, 1.54) is 15.3 Å². The normalized spacial score (nSPS) is 10.2. The van der Waals surface area contributed by atoms with Crippen LogP contribution in [-0.4, -0.2) is 6.61 Å². The maximum Gasteiger partial charge on any atom is 0.120 e. The van der Waals surface area contributed by atoms with Crippen molar-refractivity contribution in [1.82, 2.24) is 0 Å². The van der Waals surface area contributed by atoms with Crippen molar-refractivity contribution in [1.29, 1.82) is 0 Å². The molecule has 0 bridgehead atoms. The molecule has 0 amide bonds. The molecule has 0 atom stereocenters. The number of hydrogen-bond acceptors (Lipinski definition) is 2. The first-order valence-electron chi connectivity index (χ1n) is 5.70. The van der Waals surface area contributed by atoms with Gasteiger partial charge >= 0.3 is 0 Å². The number of rotatable bonds is 4. The first-order chi connectivity index (χ1) is 8.22. The van der Waals surface area contributed by atoms with E-state index in [0.717, 1.165) is 11.3 Å². The molecule has 1 nitrogen and oxygen atoms in total. The molecule has 1 aromatic carbocycles. The standard InChI is InChI=1S/C15H16OS/c1-4-12-8-13(10-14(9-12)16-5-2)15-7-6-11(3)17-15/h4,6-10H,1,5H2,2-3H3. The van der Waals surface area contributed by atoms with Crippen LogP contribution in [0, 0.1) is 6.92 Å².